The molecule has 124 valence electrons. The minimum Gasteiger partial charge on any atom is -0.467 e. The van der Waals surface area contributed by atoms with E-state index in [2.05, 4.69) is 11.9 Å². The van der Waals surface area contributed by atoms with Gasteiger partial charge in [0.05, 0.1) is 7.11 Å². The first kappa shape index (κ1) is 17.0. The van der Waals surface area contributed by atoms with Crippen LogP contribution in [0.3, 0.4) is 0 Å². The molecule has 0 aromatic heterocycles. The Morgan fingerprint density at radius 2 is 2.13 bits per heavy atom. The van der Waals surface area contributed by atoms with Gasteiger partial charge in [-0.05, 0) is 12.0 Å². The summed E-state index contributed by atoms with van der Waals surface area (Å²) in [5.74, 6) is -0.426. The molecule has 1 aliphatic heterocycles. The SMILES string of the molecule is C=CCOC(=O)N1C[C@H](NCc2ccccc2)C[C@H]1C(=O)OC. The molecule has 1 aromatic rings. The van der Waals surface area contributed by atoms with Crippen LogP contribution in [0.4, 0.5) is 4.79 Å². The van der Waals surface area contributed by atoms with E-state index in [0.717, 1.165) is 5.56 Å². The quantitative estimate of drug-likeness (QED) is 0.639. The average Bonchev–Trinajstić information content (AvgIpc) is 3.02. The van der Waals surface area contributed by atoms with E-state index in [0.29, 0.717) is 19.5 Å². The highest BCUT2D eigenvalue weighted by molar-refractivity contribution is 5.82. The van der Waals surface area contributed by atoms with Gasteiger partial charge in [0.25, 0.3) is 0 Å². The zero-order valence-corrected chi connectivity index (χ0v) is 13.2. The average molecular weight is 318 g/mol. The topological polar surface area (TPSA) is 67.9 Å². The second-order valence-electron chi connectivity index (χ2n) is 5.36. The Morgan fingerprint density at radius 3 is 2.78 bits per heavy atom. The second kappa shape index (κ2) is 8.33. The molecule has 1 amide bonds. The zero-order valence-electron chi connectivity index (χ0n) is 13.2. The molecule has 6 heteroatoms. The molecule has 1 saturated heterocycles. The zero-order chi connectivity index (χ0) is 16.7. The number of benzene rings is 1. The highest BCUT2D eigenvalue weighted by Gasteiger charge is 2.40. The van der Waals surface area contributed by atoms with Crippen molar-refractivity contribution in [1.29, 1.82) is 0 Å². The summed E-state index contributed by atoms with van der Waals surface area (Å²) in [7, 11) is 1.32. The number of amides is 1. The number of esters is 1. The lowest BCUT2D eigenvalue weighted by atomic mass is 10.1. The lowest BCUT2D eigenvalue weighted by molar-refractivity contribution is -0.145. The second-order valence-corrected chi connectivity index (χ2v) is 5.36. The number of methoxy groups -OCH3 is 1. The first-order valence-electron chi connectivity index (χ1n) is 7.55. The molecule has 2 atom stereocenters. The van der Waals surface area contributed by atoms with E-state index in [4.69, 9.17) is 9.47 Å². The van der Waals surface area contributed by atoms with Crippen LogP contribution < -0.4 is 5.32 Å². The fourth-order valence-corrected chi connectivity index (χ4v) is 2.62. The van der Waals surface area contributed by atoms with Crippen molar-refractivity contribution in [2.45, 2.75) is 25.0 Å². The number of nitrogens with one attached hydrogen (secondary N) is 1. The maximum Gasteiger partial charge on any atom is 0.410 e. The van der Waals surface area contributed by atoms with E-state index in [-0.39, 0.29) is 12.6 Å². The van der Waals surface area contributed by atoms with Crippen molar-refractivity contribution in [2.75, 3.05) is 20.3 Å². The molecular weight excluding hydrogens is 296 g/mol. The van der Waals surface area contributed by atoms with Crippen molar-refractivity contribution in [3.8, 4) is 0 Å². The van der Waals surface area contributed by atoms with Gasteiger partial charge in [0, 0.05) is 19.1 Å². The Bertz CT molecular complexity index is 547. The Kier molecular flexibility index (Phi) is 6.17. The third-order valence-corrected chi connectivity index (χ3v) is 3.77. The minimum absolute atomic E-state index is 0.00980. The van der Waals surface area contributed by atoms with Gasteiger partial charge in [-0.15, -0.1) is 0 Å². The van der Waals surface area contributed by atoms with Gasteiger partial charge in [-0.25, -0.2) is 9.59 Å². The molecule has 1 N–H and O–H groups in total. The fourth-order valence-electron chi connectivity index (χ4n) is 2.62. The number of carbonyl (C=O) groups is 2. The summed E-state index contributed by atoms with van der Waals surface area (Å²) in [6.07, 6.45) is 1.47. The summed E-state index contributed by atoms with van der Waals surface area (Å²) >= 11 is 0. The first-order valence-corrected chi connectivity index (χ1v) is 7.55. The molecule has 1 aromatic carbocycles. The Labute approximate surface area is 136 Å². The largest absolute Gasteiger partial charge is 0.467 e. The smallest absolute Gasteiger partial charge is 0.410 e. The summed E-state index contributed by atoms with van der Waals surface area (Å²) < 4.78 is 9.84. The molecule has 0 radical (unpaired) electrons. The van der Waals surface area contributed by atoms with Crippen molar-refractivity contribution < 1.29 is 19.1 Å². The summed E-state index contributed by atoms with van der Waals surface area (Å²) in [6.45, 7) is 4.71. The molecule has 6 nitrogen and oxygen atoms in total. The van der Waals surface area contributed by atoms with Gasteiger partial charge in [0.15, 0.2) is 0 Å². The van der Waals surface area contributed by atoms with Crippen LogP contribution in [-0.4, -0.2) is 49.3 Å². The lowest BCUT2D eigenvalue weighted by Gasteiger charge is -2.21. The maximum absolute atomic E-state index is 12.1. The van der Waals surface area contributed by atoms with Crippen LogP contribution >= 0.6 is 0 Å². The van der Waals surface area contributed by atoms with Crippen LogP contribution in [0.5, 0.6) is 0 Å². The van der Waals surface area contributed by atoms with Crippen LogP contribution in [0.1, 0.15) is 12.0 Å². The Hall–Kier alpha value is -2.34. The van der Waals surface area contributed by atoms with E-state index in [1.165, 1.54) is 18.1 Å². The molecule has 23 heavy (non-hydrogen) atoms. The predicted octanol–water partition coefficient (Wildman–Crippen LogP) is 1.71. The van der Waals surface area contributed by atoms with Gasteiger partial charge >= 0.3 is 12.1 Å². The third kappa shape index (κ3) is 4.56. The van der Waals surface area contributed by atoms with E-state index in [1.54, 1.807) is 0 Å². The standard InChI is InChI=1S/C17H22N2O4/c1-3-9-23-17(21)19-12-14(10-15(19)16(20)22-2)18-11-13-7-5-4-6-8-13/h3-8,14-15,18H,1,9-12H2,2H3/t14-,15+/m1/s1. The predicted molar refractivity (Wildman–Crippen MR) is 85.7 cm³/mol. The summed E-state index contributed by atoms with van der Waals surface area (Å²) in [5, 5.41) is 3.37. The highest BCUT2D eigenvalue weighted by Crippen LogP contribution is 2.20. The van der Waals surface area contributed by atoms with Gasteiger partial charge in [0.1, 0.15) is 12.6 Å². The monoisotopic (exact) mass is 318 g/mol. The number of nitrogens with zero attached hydrogens (tertiary/aromatic N) is 1. The van der Waals surface area contributed by atoms with Crippen LogP contribution in [0, 0.1) is 0 Å². The van der Waals surface area contributed by atoms with Crippen molar-refractivity contribution >= 4 is 12.1 Å². The van der Waals surface area contributed by atoms with Crippen LogP contribution in [0.15, 0.2) is 43.0 Å². The number of carbonyl (C=O) groups excluding carboxylic acids is 2. The summed E-state index contributed by atoms with van der Waals surface area (Å²) in [4.78, 5) is 25.4. The molecule has 0 spiro atoms. The normalized spacial score (nSPS) is 20.1. The third-order valence-electron chi connectivity index (χ3n) is 3.77. The molecule has 1 aliphatic rings. The Balaban J connectivity index is 1.96. The molecule has 0 unspecified atom stereocenters. The first-order chi connectivity index (χ1) is 11.2. The fraction of sp³-hybridized carbons (Fsp3) is 0.412. The van der Waals surface area contributed by atoms with Crippen LogP contribution in [-0.2, 0) is 20.8 Å². The van der Waals surface area contributed by atoms with Gasteiger partial charge in [-0.2, -0.15) is 0 Å². The molecule has 0 aliphatic carbocycles. The van der Waals surface area contributed by atoms with Crippen molar-refractivity contribution in [3.05, 3.63) is 48.6 Å². The molecule has 1 fully saturated rings. The maximum atomic E-state index is 12.1. The van der Waals surface area contributed by atoms with Crippen LogP contribution in [0.25, 0.3) is 0 Å². The van der Waals surface area contributed by atoms with E-state index >= 15 is 0 Å². The van der Waals surface area contributed by atoms with E-state index in [1.807, 2.05) is 30.3 Å². The lowest BCUT2D eigenvalue weighted by Crippen LogP contribution is -2.41. The number of ether oxygens (including phenoxy) is 2. The van der Waals surface area contributed by atoms with Crippen molar-refractivity contribution in [3.63, 3.8) is 0 Å². The number of likely N-dealkylation sites (tertiary alicyclic amines) is 1. The van der Waals surface area contributed by atoms with Gasteiger partial charge in [-0.1, -0.05) is 43.0 Å². The molecular formula is C17H22N2O4. The van der Waals surface area contributed by atoms with Gasteiger partial charge in [0.2, 0.25) is 0 Å². The minimum atomic E-state index is -0.620. The number of hydrogen-bond donors (Lipinski definition) is 1. The van der Waals surface area contributed by atoms with Crippen LogP contribution in [0.2, 0.25) is 0 Å². The number of rotatable bonds is 6. The molecule has 0 bridgehead atoms. The van der Waals surface area contributed by atoms with Crippen molar-refractivity contribution in [2.24, 2.45) is 0 Å². The number of hydrogen-bond acceptors (Lipinski definition) is 5. The van der Waals surface area contributed by atoms with E-state index < -0.39 is 18.1 Å². The summed E-state index contributed by atoms with van der Waals surface area (Å²) in [6, 6.07) is 9.35. The Morgan fingerprint density at radius 1 is 1.39 bits per heavy atom. The van der Waals surface area contributed by atoms with E-state index in [9.17, 15) is 9.59 Å². The highest BCUT2D eigenvalue weighted by atomic mass is 16.6. The molecule has 0 saturated carbocycles. The van der Waals surface area contributed by atoms with Gasteiger partial charge < -0.3 is 14.8 Å². The van der Waals surface area contributed by atoms with Crippen molar-refractivity contribution in [1.82, 2.24) is 10.2 Å². The molecule has 2 rings (SSSR count). The van der Waals surface area contributed by atoms with Gasteiger partial charge in [-0.3, -0.25) is 4.90 Å². The molecule has 1 heterocycles. The summed E-state index contributed by atoms with van der Waals surface area (Å²) in [5.41, 5.74) is 1.15.